The molecule has 0 atom stereocenters. The molecule has 2 rings (SSSR count). The molecular weight excluding hydrogens is 296 g/mol. The zero-order valence-electron chi connectivity index (χ0n) is 11.5. The quantitative estimate of drug-likeness (QED) is 0.767. The van der Waals surface area contributed by atoms with Crippen LogP contribution in [0.3, 0.4) is 0 Å². The molecule has 0 fully saturated rings. The van der Waals surface area contributed by atoms with Gasteiger partial charge in [0.15, 0.2) is 0 Å². The van der Waals surface area contributed by atoms with Crippen molar-refractivity contribution in [1.29, 1.82) is 0 Å². The van der Waals surface area contributed by atoms with Gasteiger partial charge in [0.1, 0.15) is 0 Å². The molecule has 2 aromatic rings. The van der Waals surface area contributed by atoms with Gasteiger partial charge in [0.2, 0.25) is 0 Å². The molecule has 7 heteroatoms. The van der Waals surface area contributed by atoms with E-state index < -0.39 is 0 Å². The molecule has 108 valence electrons. The zero-order valence-corrected chi connectivity index (χ0v) is 13.1. The summed E-state index contributed by atoms with van der Waals surface area (Å²) in [5.41, 5.74) is 1.64. The van der Waals surface area contributed by atoms with Crippen LogP contribution in [0.25, 0.3) is 0 Å². The largest absolute Gasteiger partial charge is 0.373 e. The fourth-order valence-corrected chi connectivity index (χ4v) is 2.73. The standard InChI is InChI=1S/C13H17ClN4OS/c1-3-17(2)11-6-13(19)18(15-8-11)5-4-12-16-10(7-14)9-20-12/h6,8-9H,3-5,7H2,1-2H3. The molecule has 0 saturated heterocycles. The second-order valence-corrected chi connectivity index (χ2v) is 5.62. The first-order valence-electron chi connectivity index (χ1n) is 6.41. The van der Waals surface area contributed by atoms with Gasteiger partial charge in [-0.3, -0.25) is 4.79 Å². The molecule has 20 heavy (non-hydrogen) atoms. The lowest BCUT2D eigenvalue weighted by Crippen LogP contribution is -2.26. The van der Waals surface area contributed by atoms with Crippen LogP contribution in [0.5, 0.6) is 0 Å². The summed E-state index contributed by atoms with van der Waals surface area (Å²) < 4.78 is 1.47. The van der Waals surface area contributed by atoms with Crippen LogP contribution in [0.1, 0.15) is 17.6 Å². The monoisotopic (exact) mass is 312 g/mol. The number of hydrogen-bond acceptors (Lipinski definition) is 5. The zero-order chi connectivity index (χ0) is 14.5. The number of nitrogens with zero attached hydrogens (tertiary/aromatic N) is 4. The average molecular weight is 313 g/mol. The Balaban J connectivity index is 2.04. The molecule has 0 N–H and O–H groups in total. The van der Waals surface area contributed by atoms with Gasteiger partial charge in [-0.25, -0.2) is 9.67 Å². The summed E-state index contributed by atoms with van der Waals surface area (Å²) in [5, 5.41) is 7.12. The molecule has 0 saturated carbocycles. The van der Waals surface area contributed by atoms with Crippen LogP contribution in [-0.4, -0.2) is 28.4 Å². The van der Waals surface area contributed by atoms with Gasteiger partial charge in [0.25, 0.3) is 5.56 Å². The summed E-state index contributed by atoms with van der Waals surface area (Å²) >= 11 is 7.28. The van der Waals surface area contributed by atoms with E-state index in [-0.39, 0.29) is 5.56 Å². The summed E-state index contributed by atoms with van der Waals surface area (Å²) in [4.78, 5) is 18.3. The first kappa shape index (κ1) is 15.0. The molecule has 2 heterocycles. The summed E-state index contributed by atoms with van der Waals surface area (Å²) in [5.74, 6) is 0.423. The Morgan fingerprint density at radius 1 is 1.50 bits per heavy atom. The van der Waals surface area contributed by atoms with Crippen molar-refractivity contribution in [2.75, 3.05) is 18.5 Å². The summed E-state index contributed by atoms with van der Waals surface area (Å²) in [6.45, 7) is 3.40. The van der Waals surface area contributed by atoms with E-state index in [1.54, 1.807) is 23.6 Å². The SMILES string of the molecule is CCN(C)c1cnn(CCc2nc(CCl)cs2)c(=O)c1. The number of aryl methyl sites for hydroxylation is 2. The van der Waals surface area contributed by atoms with Gasteiger partial charge in [-0.15, -0.1) is 22.9 Å². The van der Waals surface area contributed by atoms with E-state index in [1.165, 1.54) is 4.68 Å². The third kappa shape index (κ3) is 3.58. The van der Waals surface area contributed by atoms with Crippen LogP contribution >= 0.6 is 22.9 Å². The van der Waals surface area contributed by atoms with Gasteiger partial charge < -0.3 is 4.90 Å². The molecule has 0 aromatic carbocycles. The lowest BCUT2D eigenvalue weighted by Gasteiger charge is -2.16. The smallest absolute Gasteiger partial charge is 0.268 e. The van der Waals surface area contributed by atoms with Gasteiger partial charge in [-0.1, -0.05) is 0 Å². The second-order valence-electron chi connectivity index (χ2n) is 4.41. The van der Waals surface area contributed by atoms with Crippen LogP contribution in [0.4, 0.5) is 5.69 Å². The van der Waals surface area contributed by atoms with E-state index in [0.29, 0.717) is 18.8 Å². The van der Waals surface area contributed by atoms with E-state index in [0.717, 1.165) is 22.9 Å². The average Bonchev–Trinajstić information content (AvgIpc) is 2.93. The van der Waals surface area contributed by atoms with Crippen molar-refractivity contribution in [3.8, 4) is 0 Å². The van der Waals surface area contributed by atoms with Crippen molar-refractivity contribution in [1.82, 2.24) is 14.8 Å². The normalized spacial score (nSPS) is 10.8. The first-order chi connectivity index (χ1) is 9.63. The predicted octanol–water partition coefficient (Wildman–Crippen LogP) is 2.14. The Morgan fingerprint density at radius 3 is 2.90 bits per heavy atom. The summed E-state index contributed by atoms with van der Waals surface area (Å²) in [7, 11) is 1.93. The van der Waals surface area contributed by atoms with Gasteiger partial charge in [-0.05, 0) is 6.92 Å². The Hall–Kier alpha value is -1.40. The van der Waals surface area contributed by atoms with E-state index >= 15 is 0 Å². The molecule has 0 aliphatic rings. The Kier molecular flexibility index (Phi) is 5.14. The minimum Gasteiger partial charge on any atom is -0.373 e. The predicted molar refractivity (Wildman–Crippen MR) is 82.8 cm³/mol. The fraction of sp³-hybridized carbons (Fsp3) is 0.462. The van der Waals surface area contributed by atoms with Crippen LogP contribution in [0.2, 0.25) is 0 Å². The highest BCUT2D eigenvalue weighted by Gasteiger charge is 2.05. The van der Waals surface area contributed by atoms with Gasteiger partial charge in [0, 0.05) is 31.5 Å². The van der Waals surface area contributed by atoms with E-state index in [4.69, 9.17) is 11.6 Å². The van der Waals surface area contributed by atoms with Crippen molar-refractivity contribution in [2.24, 2.45) is 0 Å². The molecule has 5 nitrogen and oxygen atoms in total. The Labute approximate surface area is 126 Å². The molecule has 0 amide bonds. The molecule has 0 spiro atoms. The van der Waals surface area contributed by atoms with Crippen LogP contribution in [-0.2, 0) is 18.8 Å². The molecule has 0 unspecified atom stereocenters. The number of alkyl halides is 1. The molecule has 0 bridgehead atoms. The molecule has 0 aliphatic carbocycles. The maximum Gasteiger partial charge on any atom is 0.268 e. The highest BCUT2D eigenvalue weighted by Crippen LogP contribution is 2.12. The van der Waals surface area contributed by atoms with Crippen molar-refractivity contribution in [3.05, 3.63) is 38.7 Å². The summed E-state index contributed by atoms with van der Waals surface area (Å²) in [6, 6.07) is 1.61. The highest BCUT2D eigenvalue weighted by atomic mass is 35.5. The van der Waals surface area contributed by atoms with E-state index in [1.807, 2.05) is 24.3 Å². The Bertz CT molecular complexity index is 625. The number of anilines is 1. The lowest BCUT2D eigenvalue weighted by molar-refractivity contribution is 0.576. The number of rotatable bonds is 6. The number of aromatic nitrogens is 3. The topological polar surface area (TPSA) is 51.0 Å². The summed E-state index contributed by atoms with van der Waals surface area (Å²) in [6.07, 6.45) is 2.41. The third-order valence-electron chi connectivity index (χ3n) is 3.04. The minimum atomic E-state index is -0.0862. The van der Waals surface area contributed by atoms with Crippen molar-refractivity contribution >= 4 is 28.6 Å². The van der Waals surface area contributed by atoms with Crippen molar-refractivity contribution in [3.63, 3.8) is 0 Å². The molecule has 0 radical (unpaired) electrons. The lowest BCUT2D eigenvalue weighted by atomic mass is 10.4. The highest BCUT2D eigenvalue weighted by molar-refractivity contribution is 7.09. The Morgan fingerprint density at radius 2 is 2.30 bits per heavy atom. The number of thiazole rings is 1. The number of halogens is 1. The molecule has 0 aliphatic heterocycles. The van der Waals surface area contributed by atoms with E-state index in [9.17, 15) is 4.79 Å². The van der Waals surface area contributed by atoms with Gasteiger partial charge >= 0.3 is 0 Å². The van der Waals surface area contributed by atoms with Crippen LogP contribution in [0, 0.1) is 0 Å². The molecule has 2 aromatic heterocycles. The minimum absolute atomic E-state index is 0.0862. The van der Waals surface area contributed by atoms with Crippen LogP contribution < -0.4 is 10.5 Å². The van der Waals surface area contributed by atoms with Crippen LogP contribution in [0.15, 0.2) is 22.4 Å². The number of hydrogen-bond donors (Lipinski definition) is 0. The maximum absolute atomic E-state index is 12.0. The maximum atomic E-state index is 12.0. The van der Waals surface area contributed by atoms with Gasteiger partial charge in [0.05, 0.1) is 35.0 Å². The second kappa shape index (κ2) is 6.85. The van der Waals surface area contributed by atoms with Crippen molar-refractivity contribution < 1.29 is 0 Å². The third-order valence-corrected chi connectivity index (χ3v) is 4.28. The molecular formula is C13H17ClN4OS. The van der Waals surface area contributed by atoms with E-state index in [2.05, 4.69) is 10.1 Å². The first-order valence-corrected chi connectivity index (χ1v) is 7.83. The van der Waals surface area contributed by atoms with Crippen molar-refractivity contribution in [2.45, 2.75) is 25.8 Å². The fourth-order valence-electron chi connectivity index (χ4n) is 1.71. The van der Waals surface area contributed by atoms with Gasteiger partial charge in [-0.2, -0.15) is 5.10 Å².